The number of allylic oxidation sites excluding steroid dienone is 1. The minimum absolute atomic E-state index is 0.0919. The van der Waals surface area contributed by atoms with Crippen LogP contribution < -0.4 is 0 Å². The Morgan fingerprint density at radius 2 is 2.05 bits per heavy atom. The van der Waals surface area contributed by atoms with Crippen molar-refractivity contribution in [1.82, 2.24) is 0 Å². The van der Waals surface area contributed by atoms with E-state index < -0.39 is 11.6 Å². The Balaban J connectivity index is 2.28. The lowest BCUT2D eigenvalue weighted by atomic mass is 9.70. The maximum atomic E-state index is 12.6. The number of carbonyl (C=O) groups is 2. The van der Waals surface area contributed by atoms with Crippen LogP contribution in [-0.2, 0) is 14.3 Å². The number of ketones is 1. The fourth-order valence-electron chi connectivity index (χ4n) is 3.53. The smallest absolute Gasteiger partial charge is 0.332 e. The van der Waals surface area contributed by atoms with Gasteiger partial charge in [0.05, 0.1) is 0 Å². The van der Waals surface area contributed by atoms with Crippen LogP contribution in [0, 0.1) is 29.1 Å². The molecule has 0 aromatic rings. The number of carbonyl (C=O) groups excluding carboxylic acids is 2. The molecule has 0 N–H and O–H groups in total. The molecule has 0 aliphatic heterocycles. The SMILES string of the molecule is C#CC(C)(C)OC(=O)/C=C1\C(=O)[C@@]2(C)CC[C@H]1C2(C)C. The van der Waals surface area contributed by atoms with Crippen molar-refractivity contribution in [3.63, 3.8) is 0 Å². The van der Waals surface area contributed by atoms with E-state index in [1.807, 2.05) is 6.92 Å². The minimum atomic E-state index is -0.950. The van der Waals surface area contributed by atoms with Gasteiger partial charge in [0.15, 0.2) is 11.4 Å². The van der Waals surface area contributed by atoms with Gasteiger partial charge in [-0.15, -0.1) is 6.42 Å². The van der Waals surface area contributed by atoms with Crippen LogP contribution in [0.3, 0.4) is 0 Å². The largest absolute Gasteiger partial charge is 0.443 e. The van der Waals surface area contributed by atoms with Gasteiger partial charge in [0.1, 0.15) is 0 Å². The van der Waals surface area contributed by atoms with Crippen molar-refractivity contribution in [2.45, 2.75) is 53.1 Å². The van der Waals surface area contributed by atoms with Crippen molar-refractivity contribution in [3.05, 3.63) is 11.6 Å². The molecule has 2 aliphatic carbocycles. The van der Waals surface area contributed by atoms with Gasteiger partial charge in [-0.05, 0) is 38.0 Å². The van der Waals surface area contributed by atoms with Crippen LogP contribution in [0.2, 0.25) is 0 Å². The maximum absolute atomic E-state index is 12.6. The number of rotatable bonds is 2. The Morgan fingerprint density at radius 1 is 1.45 bits per heavy atom. The third-order valence-corrected chi connectivity index (χ3v) is 5.34. The van der Waals surface area contributed by atoms with E-state index in [4.69, 9.17) is 11.2 Å². The Hall–Kier alpha value is -1.56. The topological polar surface area (TPSA) is 43.4 Å². The highest BCUT2D eigenvalue weighted by Gasteiger charge is 2.64. The van der Waals surface area contributed by atoms with Crippen LogP contribution in [0.5, 0.6) is 0 Å². The molecular formula is C17H22O3. The molecule has 0 amide bonds. The first-order chi connectivity index (χ1) is 9.05. The Bertz CT molecular complexity index is 545. The molecule has 2 aliphatic rings. The summed E-state index contributed by atoms with van der Waals surface area (Å²) in [5, 5.41) is 0. The normalized spacial score (nSPS) is 33.3. The number of hydrogen-bond donors (Lipinski definition) is 0. The quantitative estimate of drug-likeness (QED) is 0.442. The number of ether oxygens (including phenoxy) is 1. The average Bonchev–Trinajstić information content (AvgIpc) is 2.63. The maximum Gasteiger partial charge on any atom is 0.332 e. The molecule has 0 spiro atoms. The lowest BCUT2D eigenvalue weighted by Gasteiger charge is -2.31. The van der Waals surface area contributed by atoms with Gasteiger partial charge in [-0.2, -0.15) is 0 Å². The first-order valence-electron chi connectivity index (χ1n) is 7.02. The van der Waals surface area contributed by atoms with Crippen LogP contribution in [0.15, 0.2) is 11.6 Å². The molecule has 0 aromatic heterocycles. The lowest BCUT2D eigenvalue weighted by Crippen LogP contribution is -2.32. The summed E-state index contributed by atoms with van der Waals surface area (Å²) >= 11 is 0. The van der Waals surface area contributed by atoms with Gasteiger partial charge in [-0.25, -0.2) is 4.79 Å². The van der Waals surface area contributed by atoms with Crippen LogP contribution in [-0.4, -0.2) is 17.4 Å². The average molecular weight is 274 g/mol. The predicted octanol–water partition coefficient (Wildman–Crippen LogP) is 2.89. The van der Waals surface area contributed by atoms with Gasteiger partial charge in [0, 0.05) is 17.1 Å². The molecule has 3 heteroatoms. The number of hydrogen-bond acceptors (Lipinski definition) is 3. The molecule has 0 radical (unpaired) electrons. The molecule has 2 atom stereocenters. The molecule has 108 valence electrons. The van der Waals surface area contributed by atoms with Crippen molar-refractivity contribution >= 4 is 11.8 Å². The summed E-state index contributed by atoms with van der Waals surface area (Å²) in [6.07, 6.45) is 8.51. The Labute approximate surface area is 120 Å². The van der Waals surface area contributed by atoms with Crippen molar-refractivity contribution in [3.8, 4) is 12.3 Å². The number of terminal acetylenes is 1. The van der Waals surface area contributed by atoms with E-state index in [9.17, 15) is 9.59 Å². The molecule has 2 bridgehead atoms. The Kier molecular flexibility index (Phi) is 3.13. The summed E-state index contributed by atoms with van der Waals surface area (Å²) < 4.78 is 5.20. The van der Waals surface area contributed by atoms with Crippen molar-refractivity contribution in [2.75, 3.05) is 0 Å². The molecule has 0 saturated heterocycles. The van der Waals surface area contributed by atoms with Gasteiger partial charge < -0.3 is 4.74 Å². The second-order valence-corrected chi connectivity index (χ2v) is 7.15. The molecule has 0 aromatic carbocycles. The molecule has 0 unspecified atom stereocenters. The van der Waals surface area contributed by atoms with Crippen molar-refractivity contribution in [2.24, 2.45) is 16.7 Å². The van der Waals surface area contributed by atoms with E-state index in [-0.39, 0.29) is 22.5 Å². The number of Topliss-reactive ketones (excluding diaryl/α,β-unsaturated/α-hetero) is 1. The Morgan fingerprint density at radius 3 is 2.50 bits per heavy atom. The standard InChI is InChI=1S/C17H22O3/c1-7-15(2,3)20-13(18)10-11-12-8-9-17(6,14(11)19)16(12,4)5/h1,10,12H,8-9H2,2-6H3/b11-10-/t12-,17-/m1/s1. The summed E-state index contributed by atoms with van der Waals surface area (Å²) in [7, 11) is 0. The summed E-state index contributed by atoms with van der Waals surface area (Å²) in [4.78, 5) is 24.5. The number of esters is 1. The zero-order chi connectivity index (χ0) is 15.3. The zero-order valence-corrected chi connectivity index (χ0v) is 12.9. The summed E-state index contributed by atoms with van der Waals surface area (Å²) in [6.45, 7) is 9.53. The van der Waals surface area contributed by atoms with Crippen LogP contribution in [0.1, 0.15) is 47.5 Å². The van der Waals surface area contributed by atoms with Gasteiger partial charge in [-0.3, -0.25) is 4.79 Å². The molecular weight excluding hydrogens is 252 g/mol. The summed E-state index contributed by atoms with van der Waals surface area (Å²) in [6, 6.07) is 0. The van der Waals surface area contributed by atoms with E-state index >= 15 is 0 Å². The molecule has 2 fully saturated rings. The highest BCUT2D eigenvalue weighted by atomic mass is 16.6. The molecule has 2 saturated carbocycles. The van der Waals surface area contributed by atoms with Gasteiger partial charge in [-0.1, -0.05) is 26.7 Å². The predicted molar refractivity (Wildman–Crippen MR) is 76.7 cm³/mol. The van der Waals surface area contributed by atoms with Crippen LogP contribution in [0.4, 0.5) is 0 Å². The number of fused-ring (bicyclic) bond motifs is 2. The third-order valence-electron chi connectivity index (χ3n) is 5.34. The second kappa shape index (κ2) is 4.22. The molecule has 0 heterocycles. The van der Waals surface area contributed by atoms with E-state index in [1.54, 1.807) is 13.8 Å². The fraction of sp³-hybridized carbons (Fsp3) is 0.647. The zero-order valence-electron chi connectivity index (χ0n) is 12.9. The van der Waals surface area contributed by atoms with Gasteiger partial charge >= 0.3 is 5.97 Å². The molecule has 3 nitrogen and oxygen atoms in total. The minimum Gasteiger partial charge on any atom is -0.443 e. The first kappa shape index (κ1) is 14.8. The highest BCUT2D eigenvalue weighted by molar-refractivity contribution is 6.08. The van der Waals surface area contributed by atoms with Gasteiger partial charge in [0.2, 0.25) is 0 Å². The first-order valence-corrected chi connectivity index (χ1v) is 7.02. The fourth-order valence-corrected chi connectivity index (χ4v) is 3.53. The van der Waals surface area contributed by atoms with E-state index in [2.05, 4.69) is 19.8 Å². The summed E-state index contributed by atoms with van der Waals surface area (Å²) in [5.74, 6) is 2.12. The van der Waals surface area contributed by atoms with Gasteiger partial charge in [0.25, 0.3) is 0 Å². The third kappa shape index (κ3) is 1.90. The van der Waals surface area contributed by atoms with E-state index in [0.29, 0.717) is 5.57 Å². The van der Waals surface area contributed by atoms with E-state index in [0.717, 1.165) is 12.8 Å². The molecule has 2 rings (SSSR count). The van der Waals surface area contributed by atoms with Crippen molar-refractivity contribution in [1.29, 1.82) is 0 Å². The second-order valence-electron chi connectivity index (χ2n) is 7.15. The molecule has 20 heavy (non-hydrogen) atoms. The lowest BCUT2D eigenvalue weighted by molar-refractivity contribution is -0.145. The van der Waals surface area contributed by atoms with E-state index in [1.165, 1.54) is 6.08 Å². The summed E-state index contributed by atoms with van der Waals surface area (Å²) in [5.41, 5.74) is -0.793. The van der Waals surface area contributed by atoms with Crippen LogP contribution >= 0.6 is 0 Å². The monoisotopic (exact) mass is 274 g/mol. The van der Waals surface area contributed by atoms with Crippen molar-refractivity contribution < 1.29 is 14.3 Å². The van der Waals surface area contributed by atoms with Crippen LogP contribution in [0.25, 0.3) is 0 Å². The highest BCUT2D eigenvalue weighted by Crippen LogP contribution is 2.65.